The third-order valence-corrected chi connectivity index (χ3v) is 4.76. The molecule has 0 aliphatic carbocycles. The second kappa shape index (κ2) is 7.19. The van der Waals surface area contributed by atoms with Crippen molar-refractivity contribution in [2.45, 2.75) is 19.9 Å². The van der Waals surface area contributed by atoms with Crippen LogP contribution in [0.15, 0.2) is 66.7 Å². The Kier molecular flexibility index (Phi) is 4.57. The van der Waals surface area contributed by atoms with Crippen molar-refractivity contribution in [2.24, 2.45) is 0 Å². The zero-order chi connectivity index (χ0) is 19.7. The minimum absolute atomic E-state index is 0.134. The molecular weight excluding hydrogens is 350 g/mol. The van der Waals surface area contributed by atoms with Crippen molar-refractivity contribution in [3.05, 3.63) is 89.2 Å². The van der Waals surface area contributed by atoms with Gasteiger partial charge in [-0.3, -0.25) is 5.32 Å². The smallest absolute Gasteiger partial charge is 0.273 e. The molecule has 140 valence electrons. The number of hydrogen-bond acceptors (Lipinski definition) is 4. The molecule has 0 aliphatic heterocycles. The van der Waals surface area contributed by atoms with Gasteiger partial charge in [-0.15, -0.1) is 0 Å². The van der Waals surface area contributed by atoms with E-state index in [9.17, 15) is 10.2 Å². The summed E-state index contributed by atoms with van der Waals surface area (Å²) in [5, 5.41) is 25.3. The number of phenolic OH excluding ortho intramolecular Hbond substituents is 2. The van der Waals surface area contributed by atoms with Crippen LogP contribution in [0.5, 0.6) is 11.5 Å². The van der Waals surface area contributed by atoms with Gasteiger partial charge in [-0.1, -0.05) is 30.3 Å². The van der Waals surface area contributed by atoms with Gasteiger partial charge in [0.05, 0.1) is 5.69 Å². The number of H-pyrrole nitrogens is 1. The number of benzene rings is 2. The Morgan fingerprint density at radius 2 is 1.71 bits per heavy atom. The van der Waals surface area contributed by atoms with Crippen LogP contribution in [-0.4, -0.2) is 15.2 Å². The number of aromatic nitrogens is 2. The molecule has 2 heterocycles. The van der Waals surface area contributed by atoms with E-state index < -0.39 is 0 Å². The average molecular weight is 372 g/mol. The molecule has 5 nitrogen and oxygen atoms in total. The minimum atomic E-state index is -0.378. The maximum Gasteiger partial charge on any atom is 0.273 e. The Hall–Kier alpha value is -3.60. The second-order valence-corrected chi connectivity index (χ2v) is 6.95. The lowest BCUT2D eigenvalue weighted by molar-refractivity contribution is -0.371. The molecule has 0 saturated heterocycles. The molecule has 4 rings (SSSR count). The number of phenols is 2. The van der Waals surface area contributed by atoms with Crippen LogP contribution < -0.4 is 10.3 Å². The quantitative estimate of drug-likeness (QED) is 0.500. The number of aromatic hydroxyl groups is 2. The van der Waals surface area contributed by atoms with Crippen LogP contribution in [-0.2, 0) is 0 Å². The number of nitrogens with one attached hydrogen (secondary N) is 2. The summed E-state index contributed by atoms with van der Waals surface area (Å²) in [4.78, 5) is 7.80. The van der Waals surface area contributed by atoms with E-state index in [1.54, 1.807) is 18.2 Å². The summed E-state index contributed by atoms with van der Waals surface area (Å²) in [6, 6.07) is 20.3. The number of aromatic amines is 1. The van der Waals surface area contributed by atoms with E-state index in [0.29, 0.717) is 11.1 Å². The van der Waals surface area contributed by atoms with Crippen LogP contribution >= 0.6 is 0 Å². The van der Waals surface area contributed by atoms with Crippen LogP contribution in [0, 0.1) is 13.8 Å². The van der Waals surface area contributed by atoms with E-state index in [-0.39, 0.29) is 17.5 Å². The van der Waals surface area contributed by atoms with Gasteiger partial charge >= 0.3 is 0 Å². The molecule has 0 spiro atoms. The Bertz CT molecular complexity index is 1160. The highest BCUT2D eigenvalue weighted by Gasteiger charge is 2.24. The van der Waals surface area contributed by atoms with Crippen LogP contribution in [0.25, 0.3) is 10.9 Å². The van der Waals surface area contributed by atoms with Crippen LogP contribution in [0.4, 0.5) is 5.82 Å². The molecule has 2 aromatic heterocycles. The SMILES string of the molecule is Cc1ccc2ccc([C@@H](Nc3cccc(C)[nH+]3)c3cccc(O)c3)c(O)c2n1. The largest absolute Gasteiger partial charge is 0.508 e. The van der Waals surface area contributed by atoms with E-state index in [2.05, 4.69) is 15.3 Å². The Morgan fingerprint density at radius 1 is 0.929 bits per heavy atom. The van der Waals surface area contributed by atoms with E-state index in [4.69, 9.17) is 0 Å². The van der Waals surface area contributed by atoms with Crippen molar-refractivity contribution in [1.82, 2.24) is 4.98 Å². The fraction of sp³-hybridized carbons (Fsp3) is 0.130. The summed E-state index contributed by atoms with van der Waals surface area (Å²) >= 11 is 0. The molecule has 1 atom stereocenters. The normalized spacial score (nSPS) is 12.1. The molecule has 4 N–H and O–H groups in total. The predicted octanol–water partition coefficient (Wildman–Crippen LogP) is 4.28. The van der Waals surface area contributed by atoms with Gasteiger partial charge in [0.25, 0.3) is 5.82 Å². The van der Waals surface area contributed by atoms with Crippen molar-refractivity contribution in [3.63, 3.8) is 0 Å². The monoisotopic (exact) mass is 372 g/mol. The van der Waals surface area contributed by atoms with E-state index >= 15 is 0 Å². The number of aryl methyl sites for hydroxylation is 2. The Morgan fingerprint density at radius 3 is 2.50 bits per heavy atom. The lowest BCUT2D eigenvalue weighted by Gasteiger charge is -2.18. The first kappa shape index (κ1) is 17.8. The number of rotatable bonds is 4. The third kappa shape index (κ3) is 3.47. The zero-order valence-corrected chi connectivity index (χ0v) is 15.8. The standard InChI is InChI=1S/C23H21N3O2/c1-14-5-3-8-20(24-14)26-21(17-6-4-7-18(27)13-17)19-12-11-16-10-9-15(2)25-22(16)23(19)28/h3-13,21,27-28H,1-2H3,(H,24,26)/p+1/t21-/m0/s1. The summed E-state index contributed by atoms with van der Waals surface area (Å²) in [5.74, 6) is 1.12. The molecule has 4 aromatic rings. The van der Waals surface area contributed by atoms with Gasteiger partial charge < -0.3 is 10.2 Å². The van der Waals surface area contributed by atoms with E-state index in [1.165, 1.54) is 0 Å². The molecule has 0 fully saturated rings. The van der Waals surface area contributed by atoms with Crippen molar-refractivity contribution in [1.29, 1.82) is 0 Å². The van der Waals surface area contributed by atoms with Gasteiger partial charge in [0.2, 0.25) is 0 Å². The number of fused-ring (bicyclic) bond motifs is 1. The molecule has 0 saturated carbocycles. The first-order valence-corrected chi connectivity index (χ1v) is 9.15. The van der Waals surface area contributed by atoms with Gasteiger partial charge in [-0.05, 0) is 44.2 Å². The van der Waals surface area contributed by atoms with E-state index in [0.717, 1.165) is 28.2 Å². The molecule has 0 aliphatic rings. The average Bonchev–Trinajstić information content (AvgIpc) is 2.67. The van der Waals surface area contributed by atoms with Gasteiger partial charge in [-0.2, -0.15) is 0 Å². The number of nitrogens with zero attached hydrogens (tertiary/aromatic N) is 1. The van der Waals surface area contributed by atoms with Gasteiger partial charge in [0, 0.05) is 28.3 Å². The molecule has 28 heavy (non-hydrogen) atoms. The summed E-state index contributed by atoms with van der Waals surface area (Å²) in [6.45, 7) is 3.88. The molecule has 0 unspecified atom stereocenters. The first-order chi connectivity index (χ1) is 13.5. The maximum absolute atomic E-state index is 11.0. The molecule has 0 amide bonds. The summed E-state index contributed by atoms with van der Waals surface area (Å²) in [6.07, 6.45) is 0. The van der Waals surface area contributed by atoms with E-state index in [1.807, 2.05) is 62.4 Å². The Balaban J connectivity index is 1.87. The molecule has 2 aromatic carbocycles. The maximum atomic E-state index is 11.0. The zero-order valence-electron chi connectivity index (χ0n) is 15.8. The summed E-state index contributed by atoms with van der Waals surface area (Å²) < 4.78 is 0. The summed E-state index contributed by atoms with van der Waals surface area (Å²) in [7, 11) is 0. The lowest BCUT2D eigenvalue weighted by atomic mass is 9.96. The molecule has 5 heteroatoms. The topological polar surface area (TPSA) is 79.5 Å². The number of pyridine rings is 2. The van der Waals surface area contributed by atoms with Gasteiger partial charge in [0.15, 0.2) is 0 Å². The van der Waals surface area contributed by atoms with Crippen molar-refractivity contribution >= 4 is 16.7 Å². The highest BCUT2D eigenvalue weighted by atomic mass is 16.3. The fourth-order valence-corrected chi connectivity index (χ4v) is 3.39. The molecule has 0 bridgehead atoms. The Labute approximate surface area is 163 Å². The first-order valence-electron chi connectivity index (χ1n) is 9.15. The minimum Gasteiger partial charge on any atom is -0.508 e. The van der Waals surface area contributed by atoms with Crippen LogP contribution in [0.2, 0.25) is 0 Å². The third-order valence-electron chi connectivity index (χ3n) is 4.76. The number of anilines is 1. The van der Waals surface area contributed by atoms with Crippen LogP contribution in [0.1, 0.15) is 28.6 Å². The van der Waals surface area contributed by atoms with Crippen LogP contribution in [0.3, 0.4) is 0 Å². The highest BCUT2D eigenvalue weighted by molar-refractivity contribution is 5.86. The van der Waals surface area contributed by atoms with Gasteiger partial charge in [0.1, 0.15) is 23.1 Å². The number of hydrogen-bond donors (Lipinski definition) is 3. The molecular formula is C23H22N3O2+. The van der Waals surface area contributed by atoms with Gasteiger partial charge in [-0.25, -0.2) is 9.97 Å². The predicted molar refractivity (Wildman–Crippen MR) is 109 cm³/mol. The second-order valence-electron chi connectivity index (χ2n) is 6.95. The van der Waals surface area contributed by atoms with Crippen molar-refractivity contribution < 1.29 is 15.2 Å². The van der Waals surface area contributed by atoms with Crippen molar-refractivity contribution in [2.75, 3.05) is 5.32 Å². The highest BCUT2D eigenvalue weighted by Crippen LogP contribution is 2.36. The summed E-state index contributed by atoms with van der Waals surface area (Å²) in [5.41, 5.74) is 3.94. The van der Waals surface area contributed by atoms with Crippen molar-refractivity contribution in [3.8, 4) is 11.5 Å². The fourth-order valence-electron chi connectivity index (χ4n) is 3.39. The molecule has 0 radical (unpaired) electrons. The lowest BCUT2D eigenvalue weighted by Crippen LogP contribution is -2.20.